The summed E-state index contributed by atoms with van der Waals surface area (Å²) < 4.78 is 19.2. The fraction of sp³-hybridized carbons (Fsp3) is 0. The molecule has 1 heterocycles. The Kier molecular flexibility index (Phi) is 3.79. The van der Waals surface area contributed by atoms with Crippen LogP contribution in [0.5, 0.6) is 11.6 Å². The van der Waals surface area contributed by atoms with Crippen LogP contribution in [0.25, 0.3) is 11.1 Å². The summed E-state index contributed by atoms with van der Waals surface area (Å²) in [5, 5.41) is -0.0661. The molecule has 0 saturated heterocycles. The van der Waals surface area contributed by atoms with Gasteiger partial charge in [0.1, 0.15) is 5.75 Å². The second kappa shape index (κ2) is 5.89. The fourth-order valence-electron chi connectivity index (χ4n) is 1.92. The average Bonchev–Trinajstić information content (AvgIpc) is 2.52. The summed E-state index contributed by atoms with van der Waals surface area (Å²) in [6.07, 6.45) is 0.982. The van der Waals surface area contributed by atoms with E-state index in [0.717, 1.165) is 17.3 Å². The van der Waals surface area contributed by atoms with E-state index in [4.69, 9.17) is 16.3 Å². The van der Waals surface area contributed by atoms with Crippen LogP contribution < -0.4 is 4.74 Å². The van der Waals surface area contributed by atoms with E-state index in [1.807, 2.05) is 48.5 Å². The van der Waals surface area contributed by atoms with E-state index in [1.54, 1.807) is 6.07 Å². The summed E-state index contributed by atoms with van der Waals surface area (Å²) in [5.74, 6) is -0.363. The van der Waals surface area contributed by atoms with Crippen molar-refractivity contribution in [1.29, 1.82) is 0 Å². The third-order valence-corrected chi connectivity index (χ3v) is 3.04. The van der Waals surface area contributed by atoms with Gasteiger partial charge in [-0.3, -0.25) is 0 Å². The summed E-state index contributed by atoms with van der Waals surface area (Å²) in [5.41, 5.74) is 1.81. The molecule has 0 aliphatic carbocycles. The van der Waals surface area contributed by atoms with Gasteiger partial charge in [-0.1, -0.05) is 48.5 Å². The van der Waals surface area contributed by atoms with Gasteiger partial charge < -0.3 is 4.74 Å². The van der Waals surface area contributed by atoms with Gasteiger partial charge in [-0.25, -0.2) is 4.98 Å². The quantitative estimate of drug-likeness (QED) is 0.656. The average molecular weight is 301 g/mol. The van der Waals surface area contributed by atoms with Crippen molar-refractivity contribution in [3.8, 4) is 22.8 Å². The SMILES string of the molecule is Fc1cnc(Cl)nc1Oc1ccccc1-c1ccccc1. The second-order valence-corrected chi connectivity index (χ2v) is 4.59. The summed E-state index contributed by atoms with van der Waals surface area (Å²) in [6, 6.07) is 17.0. The Morgan fingerprint density at radius 3 is 2.48 bits per heavy atom. The highest BCUT2D eigenvalue weighted by Crippen LogP contribution is 2.33. The van der Waals surface area contributed by atoms with Gasteiger partial charge in [0.05, 0.1) is 6.20 Å². The maximum atomic E-state index is 13.7. The lowest BCUT2D eigenvalue weighted by Gasteiger charge is -2.11. The largest absolute Gasteiger partial charge is 0.436 e. The zero-order valence-electron chi connectivity index (χ0n) is 10.8. The van der Waals surface area contributed by atoms with Gasteiger partial charge in [-0.2, -0.15) is 9.37 Å². The summed E-state index contributed by atoms with van der Waals surface area (Å²) >= 11 is 5.67. The number of ether oxygens (including phenoxy) is 1. The summed E-state index contributed by atoms with van der Waals surface area (Å²) in [6.45, 7) is 0. The number of aromatic nitrogens is 2. The van der Waals surface area contributed by atoms with E-state index in [9.17, 15) is 4.39 Å². The van der Waals surface area contributed by atoms with Crippen molar-refractivity contribution < 1.29 is 9.13 Å². The topological polar surface area (TPSA) is 35.0 Å². The summed E-state index contributed by atoms with van der Waals surface area (Å²) in [4.78, 5) is 7.32. The van der Waals surface area contributed by atoms with Gasteiger partial charge in [0.15, 0.2) is 0 Å². The van der Waals surface area contributed by atoms with Crippen molar-refractivity contribution in [3.05, 3.63) is 71.9 Å². The zero-order chi connectivity index (χ0) is 14.7. The third-order valence-electron chi connectivity index (χ3n) is 2.86. The monoisotopic (exact) mass is 300 g/mol. The molecule has 104 valence electrons. The minimum Gasteiger partial charge on any atom is -0.436 e. The van der Waals surface area contributed by atoms with Gasteiger partial charge in [0, 0.05) is 5.56 Å². The van der Waals surface area contributed by atoms with Gasteiger partial charge in [-0.05, 0) is 23.2 Å². The molecule has 0 aliphatic heterocycles. The maximum Gasteiger partial charge on any atom is 0.260 e. The zero-order valence-corrected chi connectivity index (χ0v) is 11.6. The van der Waals surface area contributed by atoms with Gasteiger partial charge >= 0.3 is 0 Å². The number of halogens is 2. The van der Waals surface area contributed by atoms with Crippen molar-refractivity contribution in [2.45, 2.75) is 0 Å². The van der Waals surface area contributed by atoms with Gasteiger partial charge in [0.25, 0.3) is 5.88 Å². The molecule has 0 radical (unpaired) electrons. The first kappa shape index (κ1) is 13.5. The summed E-state index contributed by atoms with van der Waals surface area (Å²) in [7, 11) is 0. The number of nitrogens with zero attached hydrogens (tertiary/aromatic N) is 2. The Bertz CT molecular complexity index is 765. The highest BCUT2D eigenvalue weighted by Gasteiger charge is 2.12. The molecule has 5 heteroatoms. The van der Waals surface area contributed by atoms with Gasteiger partial charge in [0.2, 0.25) is 11.1 Å². The van der Waals surface area contributed by atoms with Crippen LogP contribution in [0, 0.1) is 5.82 Å². The molecule has 0 bridgehead atoms. The predicted octanol–water partition coefficient (Wildman–Crippen LogP) is 4.73. The van der Waals surface area contributed by atoms with Crippen LogP contribution in [0.15, 0.2) is 60.8 Å². The number of hydrogen-bond donors (Lipinski definition) is 0. The standard InChI is InChI=1S/C16H10ClFN2O/c17-16-19-10-13(18)15(20-16)21-14-9-5-4-8-12(14)11-6-2-1-3-7-11/h1-10H. The number of para-hydroxylation sites is 1. The molecule has 3 rings (SSSR count). The lowest BCUT2D eigenvalue weighted by molar-refractivity contribution is 0.421. The Morgan fingerprint density at radius 1 is 0.952 bits per heavy atom. The maximum absolute atomic E-state index is 13.7. The molecule has 0 aliphatic rings. The molecule has 0 fully saturated rings. The smallest absolute Gasteiger partial charge is 0.260 e. The van der Waals surface area contributed by atoms with E-state index in [0.29, 0.717) is 5.75 Å². The first-order valence-electron chi connectivity index (χ1n) is 6.24. The van der Waals surface area contributed by atoms with Crippen molar-refractivity contribution in [1.82, 2.24) is 9.97 Å². The van der Waals surface area contributed by atoms with Crippen LogP contribution in [0.4, 0.5) is 4.39 Å². The van der Waals surface area contributed by atoms with Crippen LogP contribution in [0.2, 0.25) is 5.28 Å². The Morgan fingerprint density at radius 2 is 1.67 bits per heavy atom. The van der Waals surface area contributed by atoms with Crippen LogP contribution >= 0.6 is 11.6 Å². The molecule has 0 N–H and O–H groups in total. The second-order valence-electron chi connectivity index (χ2n) is 4.26. The highest BCUT2D eigenvalue weighted by molar-refractivity contribution is 6.28. The molecule has 0 atom stereocenters. The normalized spacial score (nSPS) is 10.4. The van der Waals surface area contributed by atoms with Gasteiger partial charge in [-0.15, -0.1) is 0 Å². The predicted molar refractivity (Wildman–Crippen MR) is 79.0 cm³/mol. The lowest BCUT2D eigenvalue weighted by atomic mass is 10.1. The van der Waals surface area contributed by atoms with Crippen LogP contribution in [0.1, 0.15) is 0 Å². The molecule has 0 spiro atoms. The molecular formula is C16H10ClFN2O. The van der Waals surface area contributed by atoms with Crippen LogP contribution in [-0.4, -0.2) is 9.97 Å². The minimum absolute atomic E-state index is 0.0661. The van der Waals surface area contributed by atoms with E-state index >= 15 is 0 Å². The lowest BCUT2D eigenvalue weighted by Crippen LogP contribution is -1.95. The molecule has 0 unspecified atom stereocenters. The molecule has 1 aromatic heterocycles. The minimum atomic E-state index is -0.665. The molecule has 2 aromatic carbocycles. The van der Waals surface area contributed by atoms with E-state index < -0.39 is 5.82 Å². The fourth-order valence-corrected chi connectivity index (χ4v) is 2.04. The van der Waals surface area contributed by atoms with E-state index in [-0.39, 0.29) is 11.2 Å². The first-order valence-corrected chi connectivity index (χ1v) is 6.62. The Hall–Kier alpha value is -2.46. The molecular weight excluding hydrogens is 291 g/mol. The van der Waals surface area contributed by atoms with Crippen molar-refractivity contribution >= 4 is 11.6 Å². The third kappa shape index (κ3) is 3.01. The van der Waals surface area contributed by atoms with E-state index in [1.165, 1.54) is 0 Å². The molecule has 21 heavy (non-hydrogen) atoms. The number of hydrogen-bond acceptors (Lipinski definition) is 3. The molecule has 0 amide bonds. The van der Waals surface area contributed by atoms with E-state index in [2.05, 4.69) is 9.97 Å². The Balaban J connectivity index is 2.02. The number of benzene rings is 2. The van der Waals surface area contributed by atoms with Crippen LogP contribution in [-0.2, 0) is 0 Å². The molecule has 0 saturated carbocycles. The number of rotatable bonds is 3. The molecule has 3 aromatic rings. The Labute approximate surface area is 126 Å². The molecule has 3 nitrogen and oxygen atoms in total. The highest BCUT2D eigenvalue weighted by atomic mass is 35.5. The van der Waals surface area contributed by atoms with Crippen molar-refractivity contribution in [3.63, 3.8) is 0 Å². The van der Waals surface area contributed by atoms with Crippen molar-refractivity contribution in [2.24, 2.45) is 0 Å². The van der Waals surface area contributed by atoms with Crippen LogP contribution in [0.3, 0.4) is 0 Å². The van der Waals surface area contributed by atoms with Crippen molar-refractivity contribution in [2.75, 3.05) is 0 Å². The first-order chi connectivity index (χ1) is 10.2.